The highest BCUT2D eigenvalue weighted by Gasteiger charge is 2.12. The van der Waals surface area contributed by atoms with Gasteiger partial charge in [0.1, 0.15) is 0 Å². The first-order chi connectivity index (χ1) is 9.40. The fraction of sp³-hybridized carbons (Fsp3) is 0.286. The molecule has 2 N–H and O–H groups in total. The van der Waals surface area contributed by atoms with Gasteiger partial charge in [-0.05, 0) is 18.1 Å². The summed E-state index contributed by atoms with van der Waals surface area (Å²) in [5, 5.41) is 0.883. The van der Waals surface area contributed by atoms with Crippen molar-refractivity contribution >= 4 is 28.9 Å². The minimum Gasteiger partial charge on any atom is -0.399 e. The molecule has 106 valence electrons. The van der Waals surface area contributed by atoms with Crippen molar-refractivity contribution in [2.24, 2.45) is 0 Å². The van der Waals surface area contributed by atoms with Crippen molar-refractivity contribution in [2.45, 2.75) is 26.3 Å². The summed E-state index contributed by atoms with van der Waals surface area (Å²) in [6.07, 6.45) is 3.08. The Morgan fingerprint density at radius 3 is 2.45 bits per heavy atom. The summed E-state index contributed by atoms with van der Waals surface area (Å²) in [6.45, 7) is 4.17. The minimum atomic E-state index is -0.0843. The van der Waals surface area contributed by atoms with Crippen molar-refractivity contribution < 1.29 is 0 Å². The molecule has 0 aliphatic rings. The van der Waals surface area contributed by atoms with Gasteiger partial charge in [-0.1, -0.05) is 37.0 Å². The van der Waals surface area contributed by atoms with E-state index in [1.807, 2.05) is 13.8 Å². The van der Waals surface area contributed by atoms with E-state index in [1.54, 1.807) is 18.3 Å². The molecule has 1 aromatic heterocycles. The molecular formula is C14H15Cl2N3O. The molecule has 0 saturated heterocycles. The number of halogens is 2. The summed E-state index contributed by atoms with van der Waals surface area (Å²) in [7, 11) is 0. The van der Waals surface area contributed by atoms with Crippen LogP contribution in [0.4, 0.5) is 5.69 Å². The molecule has 1 heterocycles. The van der Waals surface area contributed by atoms with Crippen LogP contribution in [0.3, 0.4) is 0 Å². The highest BCUT2D eigenvalue weighted by Crippen LogP contribution is 2.28. The quantitative estimate of drug-likeness (QED) is 0.885. The number of benzene rings is 1. The molecule has 6 heteroatoms. The van der Waals surface area contributed by atoms with Gasteiger partial charge in [0.25, 0.3) is 5.56 Å². The van der Waals surface area contributed by atoms with E-state index < -0.39 is 0 Å². The monoisotopic (exact) mass is 311 g/mol. The predicted octanol–water partition coefficient (Wildman–Crippen LogP) is 3.30. The molecule has 0 radical (unpaired) electrons. The molecule has 20 heavy (non-hydrogen) atoms. The van der Waals surface area contributed by atoms with Gasteiger partial charge in [0.15, 0.2) is 0 Å². The average molecular weight is 312 g/mol. The molecule has 2 rings (SSSR count). The van der Waals surface area contributed by atoms with Crippen LogP contribution < -0.4 is 11.3 Å². The zero-order valence-electron chi connectivity index (χ0n) is 11.2. The standard InChI is InChI=1S/C14H15Cl2N3O/c1-8(2)10-5-18-7-19(14(10)20)6-11-12(15)3-9(17)4-13(11)16/h3-5,7-8H,6,17H2,1-2H3. The van der Waals surface area contributed by atoms with Crippen LogP contribution in [0.15, 0.2) is 29.5 Å². The van der Waals surface area contributed by atoms with Crippen molar-refractivity contribution in [1.82, 2.24) is 9.55 Å². The summed E-state index contributed by atoms with van der Waals surface area (Å²) in [5.41, 5.74) is 7.39. The van der Waals surface area contributed by atoms with Gasteiger partial charge in [0.2, 0.25) is 0 Å². The molecule has 1 aromatic carbocycles. The Morgan fingerprint density at radius 2 is 1.90 bits per heavy atom. The number of hydrogen-bond acceptors (Lipinski definition) is 3. The zero-order valence-corrected chi connectivity index (χ0v) is 12.7. The molecule has 0 saturated carbocycles. The van der Waals surface area contributed by atoms with Gasteiger partial charge < -0.3 is 5.73 Å². The van der Waals surface area contributed by atoms with Gasteiger partial charge in [-0.3, -0.25) is 9.36 Å². The Hall–Kier alpha value is -1.52. The lowest BCUT2D eigenvalue weighted by atomic mass is 10.1. The first kappa shape index (κ1) is 14.9. The lowest BCUT2D eigenvalue weighted by Crippen LogP contribution is -2.25. The number of rotatable bonds is 3. The van der Waals surface area contributed by atoms with Crippen LogP contribution >= 0.6 is 23.2 Å². The Morgan fingerprint density at radius 1 is 1.30 bits per heavy atom. The van der Waals surface area contributed by atoms with E-state index in [9.17, 15) is 4.79 Å². The number of hydrogen-bond donors (Lipinski definition) is 1. The van der Waals surface area contributed by atoms with Gasteiger partial charge in [-0.2, -0.15) is 0 Å². The lowest BCUT2D eigenvalue weighted by Gasteiger charge is -2.12. The van der Waals surface area contributed by atoms with E-state index in [0.29, 0.717) is 26.9 Å². The molecule has 0 amide bonds. The summed E-state index contributed by atoms with van der Waals surface area (Å²) in [5.74, 6) is 0.111. The number of nitrogens with two attached hydrogens (primary N) is 1. The molecule has 4 nitrogen and oxygen atoms in total. The van der Waals surface area contributed by atoms with Crippen LogP contribution in [-0.4, -0.2) is 9.55 Å². The van der Waals surface area contributed by atoms with Crippen molar-refractivity contribution in [3.8, 4) is 0 Å². The van der Waals surface area contributed by atoms with Gasteiger partial charge >= 0.3 is 0 Å². The van der Waals surface area contributed by atoms with Crippen molar-refractivity contribution in [2.75, 3.05) is 5.73 Å². The first-order valence-corrected chi connectivity index (χ1v) is 6.93. The normalized spacial score (nSPS) is 11.1. The second-order valence-corrected chi connectivity index (χ2v) is 5.71. The topological polar surface area (TPSA) is 60.9 Å². The number of nitrogens with zero attached hydrogens (tertiary/aromatic N) is 2. The van der Waals surface area contributed by atoms with E-state index in [0.717, 1.165) is 0 Å². The second-order valence-electron chi connectivity index (χ2n) is 4.90. The molecule has 0 aliphatic heterocycles. The molecule has 0 bridgehead atoms. The number of aromatic nitrogens is 2. The maximum absolute atomic E-state index is 12.3. The fourth-order valence-corrected chi connectivity index (χ4v) is 2.54. The van der Waals surface area contributed by atoms with Crippen LogP contribution in [0, 0.1) is 0 Å². The number of anilines is 1. The van der Waals surface area contributed by atoms with Crippen molar-refractivity contribution in [1.29, 1.82) is 0 Å². The van der Waals surface area contributed by atoms with Crippen molar-refractivity contribution in [3.05, 3.63) is 56.2 Å². The maximum atomic E-state index is 12.3. The Kier molecular flexibility index (Phi) is 4.35. The first-order valence-electron chi connectivity index (χ1n) is 6.18. The SMILES string of the molecule is CC(C)c1cncn(Cc2c(Cl)cc(N)cc2Cl)c1=O. The molecule has 0 unspecified atom stereocenters. The van der Waals surface area contributed by atoms with Crippen LogP contribution in [0.25, 0.3) is 0 Å². The van der Waals surface area contributed by atoms with Crippen LogP contribution in [0.1, 0.15) is 30.9 Å². The third kappa shape index (κ3) is 2.97. The van der Waals surface area contributed by atoms with E-state index in [2.05, 4.69) is 4.98 Å². The summed E-state index contributed by atoms with van der Waals surface area (Å²) in [4.78, 5) is 16.4. The zero-order chi connectivity index (χ0) is 14.9. The Bertz CT molecular complexity index is 672. The Balaban J connectivity index is 2.46. The summed E-state index contributed by atoms with van der Waals surface area (Å²) < 4.78 is 1.50. The van der Waals surface area contributed by atoms with Gasteiger partial charge in [-0.15, -0.1) is 0 Å². The van der Waals surface area contributed by atoms with Gasteiger partial charge in [0.05, 0.1) is 12.9 Å². The van der Waals surface area contributed by atoms with Gasteiger partial charge in [0, 0.05) is 33.1 Å². The van der Waals surface area contributed by atoms with E-state index >= 15 is 0 Å². The molecule has 0 fully saturated rings. The second kappa shape index (κ2) is 5.85. The fourth-order valence-electron chi connectivity index (χ4n) is 1.92. The van der Waals surface area contributed by atoms with Crippen molar-refractivity contribution in [3.63, 3.8) is 0 Å². The van der Waals surface area contributed by atoms with E-state index in [-0.39, 0.29) is 18.0 Å². The largest absolute Gasteiger partial charge is 0.399 e. The average Bonchev–Trinajstić information content (AvgIpc) is 2.35. The molecule has 2 aromatic rings. The molecule has 0 spiro atoms. The third-order valence-electron chi connectivity index (χ3n) is 3.04. The maximum Gasteiger partial charge on any atom is 0.257 e. The lowest BCUT2D eigenvalue weighted by molar-refractivity contribution is 0.700. The van der Waals surface area contributed by atoms with E-state index in [4.69, 9.17) is 28.9 Å². The summed E-state index contributed by atoms with van der Waals surface area (Å²) in [6, 6.07) is 3.24. The molecule has 0 atom stereocenters. The smallest absolute Gasteiger partial charge is 0.257 e. The molecule has 0 aliphatic carbocycles. The summed E-state index contributed by atoms with van der Waals surface area (Å²) >= 11 is 12.3. The van der Waals surface area contributed by atoms with Crippen LogP contribution in [-0.2, 0) is 6.54 Å². The highest BCUT2D eigenvalue weighted by atomic mass is 35.5. The van der Waals surface area contributed by atoms with Crippen LogP contribution in [0.2, 0.25) is 10.0 Å². The number of nitrogen functional groups attached to an aromatic ring is 1. The molecular weight excluding hydrogens is 297 g/mol. The minimum absolute atomic E-state index is 0.0843. The highest BCUT2D eigenvalue weighted by molar-refractivity contribution is 6.36. The Labute approximate surface area is 127 Å². The third-order valence-corrected chi connectivity index (χ3v) is 3.72. The van der Waals surface area contributed by atoms with Crippen LogP contribution in [0.5, 0.6) is 0 Å². The predicted molar refractivity (Wildman–Crippen MR) is 82.6 cm³/mol. The van der Waals surface area contributed by atoms with E-state index in [1.165, 1.54) is 10.9 Å². The van der Waals surface area contributed by atoms with Gasteiger partial charge in [-0.25, -0.2) is 4.98 Å².